The molecule has 0 aliphatic heterocycles. The standard InChI is InChI=1S/C23H20ClN3O2/c24-18-9-10-19-16(13-18)8-11-20(19)27(23(29)15-5-2-1-3-6-15)21(22(25)28)17-7-4-12-26-14-17/h1-7,9-10,12-14,20-21H,8,11H2,(H2,25,28)/t20-,21-/m1/s1. The Morgan fingerprint density at radius 1 is 1.10 bits per heavy atom. The summed E-state index contributed by atoms with van der Waals surface area (Å²) in [7, 11) is 0. The Bertz CT molecular complexity index is 1040. The average molecular weight is 406 g/mol. The molecule has 5 nitrogen and oxygen atoms in total. The topological polar surface area (TPSA) is 76.3 Å². The average Bonchev–Trinajstić information content (AvgIpc) is 3.15. The van der Waals surface area contributed by atoms with Crippen LogP contribution in [0.4, 0.5) is 0 Å². The van der Waals surface area contributed by atoms with Crippen LogP contribution in [0.25, 0.3) is 0 Å². The molecule has 2 amide bonds. The van der Waals surface area contributed by atoms with Crippen LogP contribution in [0.5, 0.6) is 0 Å². The second-order valence-electron chi connectivity index (χ2n) is 7.07. The van der Waals surface area contributed by atoms with Crippen molar-refractivity contribution >= 4 is 23.4 Å². The second kappa shape index (κ2) is 8.05. The van der Waals surface area contributed by atoms with Crippen LogP contribution in [0.2, 0.25) is 5.02 Å². The summed E-state index contributed by atoms with van der Waals surface area (Å²) >= 11 is 6.16. The lowest BCUT2D eigenvalue weighted by Gasteiger charge is -2.35. The highest BCUT2D eigenvalue weighted by atomic mass is 35.5. The Balaban J connectivity index is 1.84. The van der Waals surface area contributed by atoms with E-state index in [1.165, 1.54) is 0 Å². The fraction of sp³-hybridized carbons (Fsp3) is 0.174. The van der Waals surface area contributed by atoms with Crippen molar-refractivity contribution in [1.82, 2.24) is 9.88 Å². The van der Waals surface area contributed by atoms with E-state index in [4.69, 9.17) is 17.3 Å². The Hall–Kier alpha value is -3.18. The first-order valence-electron chi connectivity index (χ1n) is 9.41. The van der Waals surface area contributed by atoms with E-state index in [1.807, 2.05) is 24.3 Å². The van der Waals surface area contributed by atoms with Crippen molar-refractivity contribution in [1.29, 1.82) is 0 Å². The minimum absolute atomic E-state index is 0.244. The number of fused-ring (bicyclic) bond motifs is 1. The van der Waals surface area contributed by atoms with Crippen molar-refractivity contribution in [2.75, 3.05) is 0 Å². The van der Waals surface area contributed by atoms with Gasteiger partial charge in [-0.1, -0.05) is 41.9 Å². The molecule has 0 radical (unpaired) electrons. The predicted molar refractivity (Wildman–Crippen MR) is 111 cm³/mol. The molecule has 6 heteroatoms. The first kappa shape index (κ1) is 19.2. The first-order valence-corrected chi connectivity index (χ1v) is 9.79. The van der Waals surface area contributed by atoms with Crippen LogP contribution in [0.15, 0.2) is 73.1 Å². The summed E-state index contributed by atoms with van der Waals surface area (Å²) in [5.41, 5.74) is 8.99. The fourth-order valence-corrected chi connectivity index (χ4v) is 4.22. The number of benzene rings is 2. The Labute approximate surface area is 174 Å². The van der Waals surface area contributed by atoms with E-state index in [1.54, 1.807) is 53.7 Å². The summed E-state index contributed by atoms with van der Waals surface area (Å²) in [5.74, 6) is -0.837. The van der Waals surface area contributed by atoms with Gasteiger partial charge in [-0.25, -0.2) is 0 Å². The monoisotopic (exact) mass is 405 g/mol. The molecule has 2 N–H and O–H groups in total. The maximum absolute atomic E-state index is 13.6. The van der Waals surface area contributed by atoms with Crippen molar-refractivity contribution in [3.63, 3.8) is 0 Å². The van der Waals surface area contributed by atoms with Gasteiger partial charge in [0.05, 0.1) is 6.04 Å². The Morgan fingerprint density at radius 3 is 2.59 bits per heavy atom. The molecule has 0 saturated carbocycles. The molecule has 2 aromatic carbocycles. The number of amides is 2. The predicted octanol–water partition coefficient (Wildman–Crippen LogP) is 4.09. The molecular weight excluding hydrogens is 386 g/mol. The molecule has 0 spiro atoms. The summed E-state index contributed by atoms with van der Waals surface area (Å²) < 4.78 is 0. The third-order valence-electron chi connectivity index (χ3n) is 5.29. The molecule has 29 heavy (non-hydrogen) atoms. The van der Waals surface area contributed by atoms with Gasteiger partial charge >= 0.3 is 0 Å². The summed E-state index contributed by atoms with van der Waals surface area (Å²) in [6.45, 7) is 0. The third kappa shape index (κ3) is 3.74. The minimum atomic E-state index is -0.928. The summed E-state index contributed by atoms with van der Waals surface area (Å²) in [4.78, 5) is 31.9. The maximum Gasteiger partial charge on any atom is 0.255 e. The van der Waals surface area contributed by atoms with Crippen LogP contribution in [0.3, 0.4) is 0 Å². The van der Waals surface area contributed by atoms with Gasteiger partial charge in [-0.05, 0) is 54.3 Å². The van der Waals surface area contributed by atoms with Crippen LogP contribution >= 0.6 is 11.6 Å². The third-order valence-corrected chi connectivity index (χ3v) is 5.53. The zero-order valence-corrected chi connectivity index (χ0v) is 16.4. The van der Waals surface area contributed by atoms with Gasteiger partial charge < -0.3 is 10.6 Å². The van der Waals surface area contributed by atoms with Gasteiger partial charge in [0.2, 0.25) is 5.91 Å². The number of aryl methyl sites for hydroxylation is 1. The van der Waals surface area contributed by atoms with Crippen molar-refractivity contribution in [2.24, 2.45) is 5.73 Å². The maximum atomic E-state index is 13.6. The smallest absolute Gasteiger partial charge is 0.255 e. The number of carbonyl (C=O) groups excluding carboxylic acids is 2. The normalized spacial score (nSPS) is 16.1. The Kier molecular flexibility index (Phi) is 5.32. The van der Waals surface area contributed by atoms with Gasteiger partial charge in [-0.15, -0.1) is 0 Å². The number of nitrogens with two attached hydrogens (primary N) is 1. The van der Waals surface area contributed by atoms with Crippen LogP contribution in [0.1, 0.15) is 45.6 Å². The van der Waals surface area contributed by atoms with Crippen LogP contribution < -0.4 is 5.73 Å². The van der Waals surface area contributed by atoms with Crippen LogP contribution in [-0.2, 0) is 11.2 Å². The number of aromatic nitrogens is 1. The van der Waals surface area contributed by atoms with Gasteiger partial charge in [0.15, 0.2) is 0 Å². The number of primary amides is 1. The molecule has 1 aliphatic carbocycles. The van der Waals surface area contributed by atoms with Gasteiger partial charge in [-0.2, -0.15) is 0 Å². The molecule has 2 atom stereocenters. The molecule has 3 aromatic rings. The van der Waals surface area contributed by atoms with E-state index < -0.39 is 11.9 Å². The van der Waals surface area contributed by atoms with Crippen molar-refractivity contribution in [2.45, 2.75) is 24.9 Å². The molecule has 146 valence electrons. The highest BCUT2D eigenvalue weighted by molar-refractivity contribution is 6.30. The van der Waals surface area contributed by atoms with Gasteiger partial charge in [0.1, 0.15) is 6.04 Å². The largest absolute Gasteiger partial charge is 0.368 e. The number of pyridine rings is 1. The number of carbonyl (C=O) groups is 2. The highest BCUT2D eigenvalue weighted by Gasteiger charge is 2.39. The molecular formula is C23H20ClN3O2. The first-order chi connectivity index (χ1) is 14.1. The van der Waals surface area contributed by atoms with Gasteiger partial charge in [-0.3, -0.25) is 14.6 Å². The van der Waals surface area contributed by atoms with Crippen molar-refractivity contribution in [3.05, 3.63) is 100 Å². The number of hydrogen-bond acceptors (Lipinski definition) is 3. The summed E-state index contributed by atoms with van der Waals surface area (Å²) in [5, 5.41) is 0.657. The fourth-order valence-electron chi connectivity index (χ4n) is 4.02. The van der Waals surface area contributed by atoms with E-state index in [-0.39, 0.29) is 11.9 Å². The number of halogens is 1. The zero-order valence-electron chi connectivity index (χ0n) is 15.7. The molecule has 1 heterocycles. The number of rotatable bonds is 5. The zero-order chi connectivity index (χ0) is 20.4. The Morgan fingerprint density at radius 2 is 1.90 bits per heavy atom. The summed E-state index contributed by atoms with van der Waals surface area (Å²) in [6, 6.07) is 16.9. The minimum Gasteiger partial charge on any atom is -0.368 e. The molecule has 0 fully saturated rings. The van der Waals surface area contributed by atoms with E-state index in [9.17, 15) is 9.59 Å². The quantitative estimate of drug-likeness (QED) is 0.694. The van der Waals surface area contributed by atoms with E-state index in [2.05, 4.69) is 4.98 Å². The molecule has 1 aromatic heterocycles. The summed E-state index contributed by atoms with van der Waals surface area (Å²) in [6.07, 6.45) is 4.67. The highest BCUT2D eigenvalue weighted by Crippen LogP contribution is 2.41. The van der Waals surface area contributed by atoms with E-state index >= 15 is 0 Å². The molecule has 0 bridgehead atoms. The number of hydrogen-bond donors (Lipinski definition) is 1. The molecule has 4 rings (SSSR count). The molecule has 0 saturated heterocycles. The lowest BCUT2D eigenvalue weighted by Crippen LogP contribution is -2.43. The van der Waals surface area contributed by atoms with Crippen LogP contribution in [-0.4, -0.2) is 21.7 Å². The number of nitrogens with zero attached hydrogens (tertiary/aromatic N) is 2. The van der Waals surface area contributed by atoms with Gasteiger partial charge in [0.25, 0.3) is 5.91 Å². The lowest BCUT2D eigenvalue weighted by atomic mass is 9.99. The van der Waals surface area contributed by atoms with Crippen LogP contribution in [0, 0.1) is 0 Å². The molecule has 0 unspecified atom stereocenters. The van der Waals surface area contributed by atoms with Crippen molar-refractivity contribution < 1.29 is 9.59 Å². The van der Waals surface area contributed by atoms with Gasteiger partial charge in [0, 0.05) is 28.5 Å². The second-order valence-corrected chi connectivity index (χ2v) is 7.50. The van der Waals surface area contributed by atoms with E-state index in [0.29, 0.717) is 22.6 Å². The SMILES string of the molecule is NC(=O)[C@@H](c1cccnc1)N(C(=O)c1ccccc1)[C@@H]1CCc2cc(Cl)ccc21. The molecule has 1 aliphatic rings. The van der Waals surface area contributed by atoms with Crippen molar-refractivity contribution in [3.8, 4) is 0 Å². The van der Waals surface area contributed by atoms with E-state index in [0.717, 1.165) is 17.5 Å². The lowest BCUT2D eigenvalue weighted by molar-refractivity contribution is -0.123.